The fraction of sp³-hybridized carbons (Fsp3) is 0.148. The Morgan fingerprint density at radius 3 is 2.37 bits per heavy atom. The third-order valence-electron chi connectivity index (χ3n) is 5.40. The summed E-state index contributed by atoms with van der Waals surface area (Å²) in [5.41, 5.74) is 4.03. The number of methoxy groups -OCH3 is 2. The Morgan fingerprint density at radius 1 is 0.886 bits per heavy atom. The van der Waals surface area contributed by atoms with Crippen LogP contribution in [0.15, 0.2) is 79.3 Å². The zero-order valence-electron chi connectivity index (χ0n) is 19.7. The lowest BCUT2D eigenvalue weighted by atomic mass is 10.1. The third-order valence-corrected chi connectivity index (χ3v) is 5.40. The number of ether oxygens (including phenoxy) is 2. The molecule has 8 nitrogen and oxygen atoms in total. The van der Waals surface area contributed by atoms with Gasteiger partial charge in [0.25, 0.3) is 11.8 Å². The molecule has 0 aliphatic rings. The minimum Gasteiger partial charge on any atom is -0.496 e. The Kier molecular flexibility index (Phi) is 7.11. The maximum atomic E-state index is 12.7. The lowest BCUT2D eigenvalue weighted by Crippen LogP contribution is -2.13. The molecule has 0 spiro atoms. The summed E-state index contributed by atoms with van der Waals surface area (Å²) in [4.78, 5) is 29.5. The summed E-state index contributed by atoms with van der Waals surface area (Å²) in [6.07, 6.45) is 3.30. The summed E-state index contributed by atoms with van der Waals surface area (Å²) in [6, 6.07) is 20.1. The van der Waals surface area contributed by atoms with Gasteiger partial charge in [-0.1, -0.05) is 30.3 Å². The normalized spacial score (nSPS) is 10.5. The molecule has 4 rings (SSSR count). The number of carbonyl (C=O) groups excluding carboxylic acids is 2. The molecule has 4 aromatic rings. The van der Waals surface area contributed by atoms with E-state index in [1.807, 2.05) is 60.0 Å². The number of para-hydroxylation sites is 1. The Labute approximate surface area is 203 Å². The van der Waals surface area contributed by atoms with Gasteiger partial charge in [-0.2, -0.15) is 0 Å². The second kappa shape index (κ2) is 10.6. The first-order chi connectivity index (χ1) is 17.0. The van der Waals surface area contributed by atoms with Gasteiger partial charge in [-0.15, -0.1) is 0 Å². The van der Waals surface area contributed by atoms with E-state index >= 15 is 0 Å². The quantitative estimate of drug-likeness (QED) is 0.387. The predicted octanol–water partition coefficient (Wildman–Crippen LogP) is 4.76. The Morgan fingerprint density at radius 2 is 1.63 bits per heavy atom. The zero-order chi connectivity index (χ0) is 24.8. The number of anilines is 2. The first-order valence-corrected chi connectivity index (χ1v) is 11.0. The van der Waals surface area contributed by atoms with Gasteiger partial charge in [0, 0.05) is 18.4 Å². The van der Waals surface area contributed by atoms with Crippen LogP contribution in [0.3, 0.4) is 0 Å². The number of rotatable bonds is 8. The minimum atomic E-state index is -0.318. The number of hydrogen-bond donors (Lipinski definition) is 2. The van der Waals surface area contributed by atoms with E-state index in [-0.39, 0.29) is 11.8 Å². The van der Waals surface area contributed by atoms with Gasteiger partial charge in [0.2, 0.25) is 0 Å². The standard InChI is InChI=1S/C27H26N4O4/c1-18-8-13-25(35-3)22(14-18)30-27(33)23-16-31(17-28-23)15-19-9-11-20(12-10-19)29-26(32)21-6-4-5-7-24(21)34-2/h4-14,16-17H,15H2,1-3H3,(H,29,32)(H,30,33). The molecule has 0 fully saturated rings. The fourth-order valence-electron chi connectivity index (χ4n) is 3.60. The maximum Gasteiger partial charge on any atom is 0.275 e. The molecule has 0 aliphatic carbocycles. The summed E-state index contributed by atoms with van der Waals surface area (Å²) in [6.45, 7) is 2.47. The summed E-state index contributed by atoms with van der Waals surface area (Å²) in [5, 5.41) is 5.73. The second-order valence-electron chi connectivity index (χ2n) is 7.94. The van der Waals surface area contributed by atoms with Crippen LogP contribution in [0.4, 0.5) is 11.4 Å². The zero-order valence-corrected chi connectivity index (χ0v) is 19.7. The lowest BCUT2D eigenvalue weighted by Gasteiger charge is -2.10. The highest BCUT2D eigenvalue weighted by molar-refractivity contribution is 6.06. The SMILES string of the molecule is COc1ccc(C)cc1NC(=O)c1cn(Cc2ccc(NC(=O)c3ccccc3OC)cc2)cn1. The van der Waals surface area contributed by atoms with Crippen molar-refractivity contribution in [3.05, 3.63) is 102 Å². The van der Waals surface area contributed by atoms with Crippen LogP contribution in [-0.2, 0) is 6.54 Å². The van der Waals surface area contributed by atoms with Crippen LogP contribution in [-0.4, -0.2) is 35.6 Å². The number of nitrogens with zero attached hydrogens (tertiary/aromatic N) is 2. The molecule has 2 N–H and O–H groups in total. The van der Waals surface area contributed by atoms with Crippen LogP contribution in [0.5, 0.6) is 11.5 Å². The molecule has 0 saturated carbocycles. The van der Waals surface area contributed by atoms with E-state index in [4.69, 9.17) is 9.47 Å². The second-order valence-corrected chi connectivity index (χ2v) is 7.94. The monoisotopic (exact) mass is 470 g/mol. The number of benzene rings is 3. The molecule has 8 heteroatoms. The Hall–Kier alpha value is -4.59. The highest BCUT2D eigenvalue weighted by Crippen LogP contribution is 2.25. The van der Waals surface area contributed by atoms with E-state index in [2.05, 4.69) is 15.6 Å². The first kappa shape index (κ1) is 23.6. The number of hydrogen-bond acceptors (Lipinski definition) is 5. The molecule has 0 unspecified atom stereocenters. The number of imidazole rings is 1. The van der Waals surface area contributed by atoms with Crippen molar-refractivity contribution in [3.63, 3.8) is 0 Å². The van der Waals surface area contributed by atoms with Crippen molar-refractivity contribution < 1.29 is 19.1 Å². The first-order valence-electron chi connectivity index (χ1n) is 11.0. The van der Waals surface area contributed by atoms with Crippen molar-refractivity contribution in [1.82, 2.24) is 9.55 Å². The van der Waals surface area contributed by atoms with E-state index in [1.54, 1.807) is 37.8 Å². The average Bonchev–Trinajstić information content (AvgIpc) is 3.34. The van der Waals surface area contributed by atoms with Crippen molar-refractivity contribution in [2.75, 3.05) is 24.9 Å². The van der Waals surface area contributed by atoms with E-state index < -0.39 is 0 Å². The molecular weight excluding hydrogens is 444 g/mol. The van der Waals surface area contributed by atoms with Gasteiger partial charge >= 0.3 is 0 Å². The van der Waals surface area contributed by atoms with Crippen molar-refractivity contribution >= 4 is 23.2 Å². The highest BCUT2D eigenvalue weighted by Gasteiger charge is 2.14. The topological polar surface area (TPSA) is 94.5 Å². The number of aryl methyl sites for hydroxylation is 1. The van der Waals surface area contributed by atoms with Crippen molar-refractivity contribution in [2.45, 2.75) is 13.5 Å². The van der Waals surface area contributed by atoms with E-state index in [1.165, 1.54) is 7.11 Å². The van der Waals surface area contributed by atoms with Gasteiger partial charge in [0.1, 0.15) is 17.2 Å². The van der Waals surface area contributed by atoms with Gasteiger partial charge < -0.3 is 24.7 Å². The van der Waals surface area contributed by atoms with E-state index in [0.717, 1.165) is 11.1 Å². The van der Waals surface area contributed by atoms with Crippen LogP contribution in [0, 0.1) is 6.92 Å². The van der Waals surface area contributed by atoms with Gasteiger partial charge in [-0.25, -0.2) is 4.98 Å². The van der Waals surface area contributed by atoms with Crippen molar-refractivity contribution in [3.8, 4) is 11.5 Å². The molecule has 1 heterocycles. The number of nitrogens with one attached hydrogen (secondary N) is 2. The van der Waals surface area contributed by atoms with Crippen molar-refractivity contribution in [2.24, 2.45) is 0 Å². The van der Waals surface area contributed by atoms with Gasteiger partial charge in [-0.05, 0) is 54.4 Å². The van der Waals surface area contributed by atoms with Gasteiger partial charge in [-0.3, -0.25) is 9.59 Å². The van der Waals surface area contributed by atoms with Crippen LogP contribution in [0.1, 0.15) is 32.0 Å². The molecule has 0 saturated heterocycles. The van der Waals surface area contributed by atoms with Gasteiger partial charge in [0.15, 0.2) is 0 Å². The third kappa shape index (κ3) is 5.67. The number of carbonyl (C=O) groups is 2. The summed E-state index contributed by atoms with van der Waals surface area (Å²) < 4.78 is 12.4. The summed E-state index contributed by atoms with van der Waals surface area (Å²) in [5.74, 6) is 0.538. The predicted molar refractivity (Wildman–Crippen MR) is 134 cm³/mol. The Balaban J connectivity index is 1.38. The molecule has 0 radical (unpaired) electrons. The van der Waals surface area contributed by atoms with Crippen LogP contribution >= 0.6 is 0 Å². The molecule has 0 bridgehead atoms. The molecule has 1 aromatic heterocycles. The lowest BCUT2D eigenvalue weighted by molar-refractivity contribution is 0.101. The van der Waals surface area contributed by atoms with E-state index in [9.17, 15) is 9.59 Å². The molecule has 178 valence electrons. The molecule has 3 aromatic carbocycles. The summed E-state index contributed by atoms with van der Waals surface area (Å²) in [7, 11) is 3.09. The number of aromatic nitrogens is 2. The summed E-state index contributed by atoms with van der Waals surface area (Å²) >= 11 is 0. The molecule has 35 heavy (non-hydrogen) atoms. The average molecular weight is 471 g/mol. The molecule has 2 amide bonds. The Bertz CT molecular complexity index is 1350. The van der Waals surface area contributed by atoms with Crippen LogP contribution in [0.25, 0.3) is 0 Å². The highest BCUT2D eigenvalue weighted by atomic mass is 16.5. The fourth-order valence-corrected chi connectivity index (χ4v) is 3.60. The molecule has 0 atom stereocenters. The van der Waals surface area contributed by atoms with Crippen LogP contribution in [0.2, 0.25) is 0 Å². The smallest absolute Gasteiger partial charge is 0.275 e. The van der Waals surface area contributed by atoms with Crippen molar-refractivity contribution in [1.29, 1.82) is 0 Å². The minimum absolute atomic E-state index is 0.245. The molecule has 0 aliphatic heterocycles. The van der Waals surface area contributed by atoms with Crippen LogP contribution < -0.4 is 20.1 Å². The number of amides is 2. The maximum absolute atomic E-state index is 12.7. The largest absolute Gasteiger partial charge is 0.496 e. The van der Waals surface area contributed by atoms with Gasteiger partial charge in [0.05, 0.1) is 31.8 Å². The molecular formula is C27H26N4O4. The van der Waals surface area contributed by atoms with E-state index in [0.29, 0.717) is 40.7 Å².